The Kier molecular flexibility index (Phi) is 6.65. The second-order valence-corrected chi connectivity index (χ2v) is 12.7. The van der Waals surface area contributed by atoms with E-state index in [1.54, 1.807) is 0 Å². The number of hydrogen-bond donors (Lipinski definition) is 0. The van der Waals surface area contributed by atoms with Gasteiger partial charge in [-0.25, -0.2) is 15.0 Å². The molecule has 0 aliphatic heterocycles. The maximum Gasteiger partial charge on any atom is 0.160 e. The molecular weight excluding hydrogens is 591 g/mol. The third-order valence-corrected chi connectivity index (χ3v) is 9.92. The standard InChI is InChI=1S/C43H27N3S/c1-3-11-30(12-4-1)37-27-38(31-13-5-2-6-14-31)46-43(45-37)33-25-21-29(22-26-33)28-19-23-32(24-20-28)41-40-35-16-8-10-18-39(35)47-42(40)34-15-7-9-17-36(34)44-41/h1-27H. The van der Waals surface area contributed by atoms with Crippen molar-refractivity contribution in [1.29, 1.82) is 0 Å². The minimum atomic E-state index is 0.710. The molecule has 0 saturated carbocycles. The molecule has 0 unspecified atom stereocenters. The second kappa shape index (κ2) is 11.4. The number of rotatable bonds is 5. The number of pyridine rings is 1. The molecule has 0 radical (unpaired) electrons. The van der Waals surface area contributed by atoms with Crippen molar-refractivity contribution < 1.29 is 0 Å². The number of nitrogens with zero attached hydrogens (tertiary/aromatic N) is 3. The van der Waals surface area contributed by atoms with Crippen LogP contribution in [0.4, 0.5) is 0 Å². The van der Waals surface area contributed by atoms with Crippen LogP contribution in [0.15, 0.2) is 164 Å². The normalized spacial score (nSPS) is 11.4. The van der Waals surface area contributed by atoms with E-state index < -0.39 is 0 Å². The molecular formula is C43H27N3S. The molecule has 3 nitrogen and oxygen atoms in total. The summed E-state index contributed by atoms with van der Waals surface area (Å²) in [5.74, 6) is 0.710. The van der Waals surface area contributed by atoms with E-state index in [-0.39, 0.29) is 0 Å². The number of fused-ring (bicyclic) bond motifs is 5. The summed E-state index contributed by atoms with van der Waals surface area (Å²) in [4.78, 5) is 15.2. The molecule has 0 aliphatic carbocycles. The fourth-order valence-electron chi connectivity index (χ4n) is 6.34. The molecule has 47 heavy (non-hydrogen) atoms. The number of hydrogen-bond acceptors (Lipinski definition) is 4. The maximum absolute atomic E-state index is 5.19. The maximum atomic E-state index is 5.19. The van der Waals surface area contributed by atoms with Gasteiger partial charge >= 0.3 is 0 Å². The largest absolute Gasteiger partial charge is 0.247 e. The Hall–Kier alpha value is -5.97. The third-order valence-electron chi connectivity index (χ3n) is 8.71. The Morgan fingerprint density at radius 1 is 0.383 bits per heavy atom. The predicted molar refractivity (Wildman–Crippen MR) is 197 cm³/mol. The lowest BCUT2D eigenvalue weighted by molar-refractivity contribution is 1.18. The van der Waals surface area contributed by atoms with Crippen LogP contribution in [0.25, 0.3) is 87.4 Å². The van der Waals surface area contributed by atoms with Crippen molar-refractivity contribution in [2.24, 2.45) is 0 Å². The molecule has 0 aliphatic rings. The molecule has 0 amide bonds. The Balaban J connectivity index is 1.08. The predicted octanol–water partition coefficient (Wildman–Crippen LogP) is 11.7. The van der Waals surface area contributed by atoms with Gasteiger partial charge in [-0.3, -0.25) is 0 Å². The Morgan fingerprint density at radius 3 is 1.53 bits per heavy atom. The smallest absolute Gasteiger partial charge is 0.160 e. The van der Waals surface area contributed by atoms with Crippen LogP contribution in [0.5, 0.6) is 0 Å². The molecule has 0 atom stereocenters. The molecule has 0 saturated heterocycles. The lowest BCUT2D eigenvalue weighted by atomic mass is 9.98. The summed E-state index contributed by atoms with van der Waals surface area (Å²) >= 11 is 1.85. The summed E-state index contributed by atoms with van der Waals surface area (Å²) in [5.41, 5.74) is 10.4. The molecule has 9 rings (SSSR count). The van der Waals surface area contributed by atoms with Gasteiger partial charge in [0.05, 0.1) is 22.6 Å². The first-order valence-corrected chi connectivity index (χ1v) is 16.5. The van der Waals surface area contributed by atoms with Gasteiger partial charge in [0.2, 0.25) is 0 Å². The van der Waals surface area contributed by atoms with Crippen molar-refractivity contribution in [1.82, 2.24) is 15.0 Å². The van der Waals surface area contributed by atoms with Crippen LogP contribution in [0.2, 0.25) is 0 Å². The van der Waals surface area contributed by atoms with Gasteiger partial charge in [-0.2, -0.15) is 0 Å². The Labute approximate surface area is 276 Å². The molecule has 0 spiro atoms. The lowest BCUT2D eigenvalue weighted by Crippen LogP contribution is -1.95. The van der Waals surface area contributed by atoms with Gasteiger partial charge in [0.25, 0.3) is 0 Å². The first kappa shape index (κ1) is 27.3. The van der Waals surface area contributed by atoms with Crippen molar-refractivity contribution in [3.8, 4) is 56.3 Å². The van der Waals surface area contributed by atoms with E-state index in [0.29, 0.717) is 5.82 Å². The molecule has 9 aromatic rings. The van der Waals surface area contributed by atoms with Gasteiger partial charge in [-0.15, -0.1) is 11.3 Å². The highest BCUT2D eigenvalue weighted by Crippen LogP contribution is 2.43. The number of thiophene rings is 1. The van der Waals surface area contributed by atoms with Crippen LogP contribution >= 0.6 is 11.3 Å². The highest BCUT2D eigenvalue weighted by atomic mass is 32.1. The SMILES string of the molecule is c1ccc(-c2cc(-c3ccccc3)nc(-c3ccc(-c4ccc(-c5nc6ccccc6c6sc7ccccc7c56)cc4)cc3)n2)cc1. The Morgan fingerprint density at radius 2 is 0.894 bits per heavy atom. The molecule has 3 heterocycles. The van der Waals surface area contributed by atoms with E-state index >= 15 is 0 Å². The van der Waals surface area contributed by atoms with E-state index in [1.807, 2.05) is 47.7 Å². The van der Waals surface area contributed by atoms with Crippen molar-refractivity contribution >= 4 is 42.4 Å². The average molecular weight is 618 g/mol. The van der Waals surface area contributed by atoms with Gasteiger partial charge in [-0.05, 0) is 29.3 Å². The summed E-state index contributed by atoms with van der Waals surface area (Å²) in [6, 6.07) is 57.1. The van der Waals surface area contributed by atoms with Crippen molar-refractivity contribution in [3.05, 3.63) is 164 Å². The number of para-hydroxylation sites is 1. The zero-order valence-corrected chi connectivity index (χ0v) is 26.2. The summed E-state index contributed by atoms with van der Waals surface area (Å²) < 4.78 is 2.58. The van der Waals surface area contributed by atoms with Gasteiger partial charge in [0.15, 0.2) is 5.82 Å². The Bertz CT molecular complexity index is 2480. The van der Waals surface area contributed by atoms with Gasteiger partial charge in [0.1, 0.15) is 0 Å². The monoisotopic (exact) mass is 617 g/mol. The van der Waals surface area contributed by atoms with Crippen LogP contribution in [0, 0.1) is 0 Å². The van der Waals surface area contributed by atoms with Crippen LogP contribution in [0.3, 0.4) is 0 Å². The zero-order valence-electron chi connectivity index (χ0n) is 25.3. The van der Waals surface area contributed by atoms with Crippen molar-refractivity contribution in [3.63, 3.8) is 0 Å². The third kappa shape index (κ3) is 4.96. The van der Waals surface area contributed by atoms with E-state index in [0.717, 1.165) is 56.0 Å². The number of benzene rings is 6. The second-order valence-electron chi connectivity index (χ2n) is 11.6. The highest BCUT2D eigenvalue weighted by molar-refractivity contribution is 7.26. The quantitative estimate of drug-likeness (QED) is 0.193. The van der Waals surface area contributed by atoms with Gasteiger partial charge in [-0.1, -0.05) is 146 Å². The molecule has 0 bridgehead atoms. The molecule has 4 heteroatoms. The highest BCUT2D eigenvalue weighted by Gasteiger charge is 2.16. The van der Waals surface area contributed by atoms with Gasteiger partial charge in [0, 0.05) is 47.8 Å². The van der Waals surface area contributed by atoms with Crippen molar-refractivity contribution in [2.45, 2.75) is 0 Å². The van der Waals surface area contributed by atoms with Crippen LogP contribution in [0.1, 0.15) is 0 Å². The first-order valence-electron chi connectivity index (χ1n) is 15.7. The number of aromatic nitrogens is 3. The van der Waals surface area contributed by atoms with E-state index in [9.17, 15) is 0 Å². The van der Waals surface area contributed by atoms with Crippen LogP contribution in [-0.2, 0) is 0 Å². The molecule has 220 valence electrons. The van der Waals surface area contributed by atoms with E-state index in [1.165, 1.54) is 25.6 Å². The van der Waals surface area contributed by atoms with E-state index in [4.69, 9.17) is 15.0 Å². The summed E-state index contributed by atoms with van der Waals surface area (Å²) in [6.45, 7) is 0. The average Bonchev–Trinajstić information content (AvgIpc) is 3.55. The van der Waals surface area contributed by atoms with Crippen LogP contribution in [-0.4, -0.2) is 15.0 Å². The van der Waals surface area contributed by atoms with Crippen molar-refractivity contribution in [2.75, 3.05) is 0 Å². The fourth-order valence-corrected chi connectivity index (χ4v) is 7.58. The summed E-state index contributed by atoms with van der Waals surface area (Å²) in [5, 5.41) is 3.70. The topological polar surface area (TPSA) is 38.7 Å². The summed E-state index contributed by atoms with van der Waals surface area (Å²) in [7, 11) is 0. The summed E-state index contributed by atoms with van der Waals surface area (Å²) in [6.07, 6.45) is 0. The van der Waals surface area contributed by atoms with Gasteiger partial charge < -0.3 is 0 Å². The first-order chi connectivity index (χ1) is 23.3. The lowest BCUT2D eigenvalue weighted by Gasteiger charge is -2.11. The molecule has 6 aromatic carbocycles. The molecule has 0 fully saturated rings. The van der Waals surface area contributed by atoms with E-state index in [2.05, 4.69) is 127 Å². The molecule has 3 aromatic heterocycles. The fraction of sp³-hybridized carbons (Fsp3) is 0. The molecule has 0 N–H and O–H groups in total. The zero-order chi connectivity index (χ0) is 31.2. The van der Waals surface area contributed by atoms with Crippen LogP contribution < -0.4 is 0 Å². The minimum absolute atomic E-state index is 0.710. The minimum Gasteiger partial charge on any atom is -0.247 e.